The zero-order chi connectivity index (χ0) is 16.4. The quantitative estimate of drug-likeness (QED) is 0.583. The van der Waals surface area contributed by atoms with Crippen LogP contribution in [0.4, 0.5) is 0 Å². The van der Waals surface area contributed by atoms with Gasteiger partial charge >= 0.3 is 0 Å². The van der Waals surface area contributed by atoms with Crippen LogP contribution in [0.1, 0.15) is 54.9 Å². The molecule has 24 heavy (non-hydrogen) atoms. The van der Waals surface area contributed by atoms with E-state index in [2.05, 4.69) is 48.5 Å². The van der Waals surface area contributed by atoms with Crippen molar-refractivity contribution in [3.8, 4) is 0 Å². The average molecular weight is 321 g/mol. The van der Waals surface area contributed by atoms with Crippen molar-refractivity contribution in [1.82, 2.24) is 0 Å². The zero-order valence-corrected chi connectivity index (χ0v) is 16.4. The van der Waals surface area contributed by atoms with Gasteiger partial charge in [-0.05, 0) is 97.6 Å². The molecule has 4 bridgehead atoms. The van der Waals surface area contributed by atoms with Gasteiger partial charge in [-0.25, -0.2) is 0 Å². The minimum absolute atomic E-state index is 0.644. The van der Waals surface area contributed by atoms with E-state index in [4.69, 9.17) is 0 Å². The maximum Gasteiger partial charge on any atom is -0.00633 e. The van der Waals surface area contributed by atoms with Crippen molar-refractivity contribution in [2.45, 2.75) is 54.9 Å². The van der Waals surface area contributed by atoms with Gasteiger partial charge in [0.1, 0.15) is 0 Å². The Kier molecular flexibility index (Phi) is 1.17. The molecular formula is C24H32. The molecule has 0 amide bonds. The fraction of sp³-hybridized carbons (Fsp3) is 1.00. The van der Waals surface area contributed by atoms with E-state index in [1.165, 1.54) is 5.92 Å². The fourth-order valence-electron chi connectivity index (χ4n) is 17.5. The van der Waals surface area contributed by atoms with Crippen molar-refractivity contribution in [3.05, 3.63) is 0 Å². The molecule has 9 saturated carbocycles. The maximum absolute atomic E-state index is 2.86. The van der Waals surface area contributed by atoms with Gasteiger partial charge in [-0.1, -0.05) is 48.5 Å². The summed E-state index contributed by atoms with van der Waals surface area (Å²) in [5.74, 6) is 9.79. The first-order chi connectivity index (χ1) is 11.2. The Morgan fingerprint density at radius 3 is 1.71 bits per heavy atom. The van der Waals surface area contributed by atoms with E-state index >= 15 is 0 Å². The largest absolute Gasteiger partial charge is 0.0616 e. The molecule has 128 valence electrons. The van der Waals surface area contributed by atoms with Gasteiger partial charge in [-0.3, -0.25) is 0 Å². The zero-order valence-electron chi connectivity index (χ0n) is 16.4. The Labute approximate surface area is 146 Å². The van der Waals surface area contributed by atoms with E-state index < -0.39 is 0 Å². The Morgan fingerprint density at radius 1 is 0.542 bits per heavy atom. The molecule has 16 unspecified atom stereocenters. The summed E-state index contributed by atoms with van der Waals surface area (Å²) in [4.78, 5) is 0. The van der Waals surface area contributed by atoms with Crippen molar-refractivity contribution >= 4 is 0 Å². The molecule has 0 saturated heterocycles. The molecule has 0 radical (unpaired) electrons. The van der Waals surface area contributed by atoms with Crippen molar-refractivity contribution in [3.63, 3.8) is 0 Å². The summed E-state index contributed by atoms with van der Waals surface area (Å²) in [6.07, 6.45) is 1.65. The van der Waals surface area contributed by atoms with Crippen LogP contribution in [-0.4, -0.2) is 0 Å². The Bertz CT molecular complexity index is 848. The number of fused-ring (bicyclic) bond motifs is 3. The standard InChI is InChI=1S/C24H32/c1-9-15-11(3)21-12(4)16-13-8-14-17-10(2)19(6)20(16,7)18(9,5)23(15,21)24(17,19)22(13,14)21/h9-17H,8H2,1-7H3. The molecule has 4 spiro atoms. The summed E-state index contributed by atoms with van der Waals surface area (Å²) in [6.45, 7) is 19.5. The average Bonchev–Trinajstić information content (AvgIpc) is 2.75. The van der Waals surface area contributed by atoms with Crippen molar-refractivity contribution < 1.29 is 0 Å². The molecule has 9 rings (SSSR count). The van der Waals surface area contributed by atoms with Crippen molar-refractivity contribution in [2.75, 3.05) is 0 Å². The molecule has 9 fully saturated rings. The third-order valence-electron chi connectivity index (χ3n) is 16.0. The molecule has 0 N–H and O–H groups in total. The minimum Gasteiger partial charge on any atom is -0.0616 e. The van der Waals surface area contributed by atoms with Crippen LogP contribution in [0.3, 0.4) is 0 Å². The summed E-state index contributed by atoms with van der Waals surface area (Å²) in [5.41, 5.74) is 5.36. The van der Waals surface area contributed by atoms with Gasteiger partial charge in [0.25, 0.3) is 0 Å². The summed E-state index contributed by atoms with van der Waals surface area (Å²) in [5, 5.41) is 0. The first-order valence-electron chi connectivity index (χ1n) is 11.2. The number of rotatable bonds is 0. The summed E-state index contributed by atoms with van der Waals surface area (Å²) in [7, 11) is 0. The number of hydrogen-bond acceptors (Lipinski definition) is 0. The smallest absolute Gasteiger partial charge is 0.00633 e. The van der Waals surface area contributed by atoms with Gasteiger partial charge in [0.05, 0.1) is 0 Å². The first-order valence-corrected chi connectivity index (χ1v) is 11.2. The van der Waals surface area contributed by atoms with E-state index in [1.807, 2.05) is 0 Å². The third kappa shape index (κ3) is 0.409. The van der Waals surface area contributed by atoms with E-state index in [-0.39, 0.29) is 0 Å². The molecule has 9 aliphatic carbocycles. The van der Waals surface area contributed by atoms with E-state index in [0.717, 1.165) is 69.0 Å². The van der Waals surface area contributed by atoms with E-state index in [9.17, 15) is 0 Å². The maximum atomic E-state index is 2.86. The van der Waals surface area contributed by atoms with Gasteiger partial charge in [-0.15, -0.1) is 0 Å². The highest BCUT2D eigenvalue weighted by Crippen LogP contribution is 3.27. The topological polar surface area (TPSA) is 0 Å². The van der Waals surface area contributed by atoms with Crippen molar-refractivity contribution in [2.24, 2.45) is 91.2 Å². The Morgan fingerprint density at radius 2 is 1.04 bits per heavy atom. The van der Waals surface area contributed by atoms with Gasteiger partial charge in [0, 0.05) is 0 Å². The lowest BCUT2D eigenvalue weighted by molar-refractivity contribution is -0.663. The van der Waals surface area contributed by atoms with Crippen LogP contribution in [0, 0.1) is 91.2 Å². The lowest BCUT2D eigenvalue weighted by Crippen LogP contribution is -3.09. The van der Waals surface area contributed by atoms with Gasteiger partial charge in [-0.2, -0.15) is 0 Å². The van der Waals surface area contributed by atoms with Crippen LogP contribution < -0.4 is 0 Å². The molecule has 0 aromatic carbocycles. The fourth-order valence-corrected chi connectivity index (χ4v) is 17.5. The molecule has 0 heterocycles. The summed E-state index contributed by atoms with van der Waals surface area (Å²) < 4.78 is 0. The lowest BCUT2D eigenvalue weighted by atomic mass is 8.91. The van der Waals surface area contributed by atoms with Crippen LogP contribution in [0.2, 0.25) is 0 Å². The predicted molar refractivity (Wildman–Crippen MR) is 92.8 cm³/mol. The highest BCUT2D eigenvalue weighted by molar-refractivity contribution is 5.70. The highest BCUT2D eigenvalue weighted by atomic mass is 15.3. The van der Waals surface area contributed by atoms with Gasteiger partial charge in [0.15, 0.2) is 0 Å². The Hall–Kier alpha value is 0. The van der Waals surface area contributed by atoms with Crippen LogP contribution in [-0.2, 0) is 0 Å². The molecule has 0 aromatic heterocycles. The van der Waals surface area contributed by atoms with E-state index in [0.29, 0.717) is 16.2 Å². The molecule has 16 atom stereocenters. The second-order valence-electron chi connectivity index (χ2n) is 13.1. The molecule has 0 aliphatic heterocycles. The van der Waals surface area contributed by atoms with Gasteiger partial charge < -0.3 is 0 Å². The van der Waals surface area contributed by atoms with E-state index in [1.54, 1.807) is 6.42 Å². The lowest BCUT2D eigenvalue weighted by Gasteiger charge is -3.12. The van der Waals surface area contributed by atoms with Crippen LogP contribution in [0.25, 0.3) is 0 Å². The number of hydrogen-bond donors (Lipinski definition) is 0. The molecule has 9 aliphatic rings. The minimum atomic E-state index is 0.644. The SMILES string of the molecule is CC1C2C(C)C34C(C)C5C6CC7C8C(C)C9(C)C5(C)C1(C)C23C89C674. The van der Waals surface area contributed by atoms with Crippen molar-refractivity contribution in [1.29, 1.82) is 0 Å². The summed E-state index contributed by atoms with van der Waals surface area (Å²) in [6, 6.07) is 0. The Balaban J connectivity index is 1.55. The molecule has 0 nitrogen and oxygen atoms in total. The second-order valence-corrected chi connectivity index (χ2v) is 13.1. The monoisotopic (exact) mass is 320 g/mol. The van der Waals surface area contributed by atoms with Gasteiger partial charge in [0.2, 0.25) is 0 Å². The van der Waals surface area contributed by atoms with Crippen LogP contribution in [0.5, 0.6) is 0 Å². The first kappa shape index (κ1) is 12.4. The predicted octanol–water partition coefficient (Wildman–Crippen LogP) is 5.09. The summed E-state index contributed by atoms with van der Waals surface area (Å²) >= 11 is 0. The third-order valence-corrected chi connectivity index (χ3v) is 16.0. The van der Waals surface area contributed by atoms with Crippen LogP contribution >= 0.6 is 0 Å². The normalized spacial score (nSPS) is 98.4. The molecule has 0 heteroatoms. The second kappa shape index (κ2) is 2.27. The molecule has 0 aromatic rings. The molecular weight excluding hydrogens is 288 g/mol. The highest BCUT2D eigenvalue weighted by Gasteiger charge is 3.25. The van der Waals surface area contributed by atoms with Crippen LogP contribution in [0.15, 0.2) is 0 Å².